The fraction of sp³-hybridized carbons (Fsp3) is 0.357. The maximum atomic E-state index is 10.2. The Morgan fingerprint density at radius 1 is 1.22 bits per heavy atom. The van der Waals surface area contributed by atoms with Crippen molar-refractivity contribution in [2.75, 3.05) is 6.61 Å². The van der Waals surface area contributed by atoms with E-state index in [9.17, 15) is 15.3 Å². The molecule has 9 heteroatoms. The number of hydrogen-bond acceptors (Lipinski definition) is 8. The molecule has 4 atom stereocenters. The lowest BCUT2D eigenvalue weighted by molar-refractivity contribution is -0.0511. The number of ether oxygens (including phenoxy) is 1. The summed E-state index contributed by atoms with van der Waals surface area (Å²) in [6, 6.07) is 1.94. The molecule has 8 nitrogen and oxygen atoms in total. The highest BCUT2D eigenvalue weighted by Gasteiger charge is 2.44. The normalized spacial score (nSPS) is 27.8. The van der Waals surface area contributed by atoms with Crippen molar-refractivity contribution in [3.8, 4) is 11.3 Å². The molecule has 1 aliphatic heterocycles. The van der Waals surface area contributed by atoms with Crippen molar-refractivity contribution in [1.29, 1.82) is 0 Å². The Labute approximate surface area is 134 Å². The second-order valence-corrected chi connectivity index (χ2v) is 6.07. The number of nitrogens with zero attached hydrogens (tertiary/aromatic N) is 4. The summed E-state index contributed by atoms with van der Waals surface area (Å²) < 4.78 is 7.08. The van der Waals surface area contributed by atoms with E-state index in [1.165, 1.54) is 12.7 Å². The molecule has 0 aliphatic carbocycles. The Morgan fingerprint density at radius 3 is 2.78 bits per heavy atom. The van der Waals surface area contributed by atoms with E-state index < -0.39 is 24.5 Å². The molecule has 120 valence electrons. The van der Waals surface area contributed by atoms with E-state index >= 15 is 0 Å². The van der Waals surface area contributed by atoms with Gasteiger partial charge < -0.3 is 20.1 Å². The average Bonchev–Trinajstić information content (AvgIpc) is 3.28. The van der Waals surface area contributed by atoms with Gasteiger partial charge in [0.2, 0.25) is 0 Å². The maximum Gasteiger partial charge on any atom is 0.166 e. The highest BCUT2D eigenvalue weighted by Crippen LogP contribution is 2.33. The maximum absolute atomic E-state index is 10.2. The zero-order chi connectivity index (χ0) is 16.0. The number of imidazole rings is 1. The molecule has 4 rings (SSSR count). The van der Waals surface area contributed by atoms with Gasteiger partial charge in [0.25, 0.3) is 0 Å². The molecule has 3 N–H and O–H groups in total. The molecule has 0 unspecified atom stereocenters. The average molecular weight is 334 g/mol. The Morgan fingerprint density at radius 2 is 2.09 bits per heavy atom. The predicted octanol–water partition coefficient (Wildman–Crippen LogP) is 0.166. The molecule has 0 radical (unpaired) electrons. The molecule has 0 saturated carbocycles. The number of fused-ring (bicyclic) bond motifs is 1. The summed E-state index contributed by atoms with van der Waals surface area (Å²) in [5.74, 6) is 0. The molecule has 1 aliphatic rings. The van der Waals surface area contributed by atoms with Crippen LogP contribution in [0.5, 0.6) is 0 Å². The van der Waals surface area contributed by atoms with Gasteiger partial charge in [0.15, 0.2) is 11.9 Å². The van der Waals surface area contributed by atoms with Crippen molar-refractivity contribution in [3.05, 3.63) is 29.5 Å². The van der Waals surface area contributed by atoms with Crippen LogP contribution in [0.25, 0.3) is 22.4 Å². The highest BCUT2D eigenvalue weighted by molar-refractivity contribution is 7.08. The van der Waals surface area contributed by atoms with Crippen molar-refractivity contribution in [3.63, 3.8) is 0 Å². The minimum absolute atomic E-state index is 0.378. The van der Waals surface area contributed by atoms with E-state index in [1.54, 1.807) is 15.9 Å². The molecule has 0 bridgehead atoms. The molecule has 3 aromatic rings. The van der Waals surface area contributed by atoms with Gasteiger partial charge in [-0.25, -0.2) is 15.0 Å². The lowest BCUT2D eigenvalue weighted by atomic mass is 10.1. The van der Waals surface area contributed by atoms with E-state index in [-0.39, 0.29) is 6.61 Å². The zero-order valence-corrected chi connectivity index (χ0v) is 12.7. The number of hydrogen-bond donors (Lipinski definition) is 3. The second kappa shape index (κ2) is 5.62. The standard InChI is InChI=1S/C14H14N4O4S/c19-3-8-11(20)12(21)14(22-8)18-6-17-10-9(7-1-2-23-4-7)15-5-16-13(10)18/h1-2,4-6,8,11-12,14,19-21H,3H2/t8-,11-,12-,14-/m0/s1. The second-order valence-electron chi connectivity index (χ2n) is 5.29. The van der Waals surface area contributed by atoms with E-state index in [0.29, 0.717) is 16.9 Å². The summed E-state index contributed by atoms with van der Waals surface area (Å²) in [4.78, 5) is 12.8. The SMILES string of the molecule is OC[C@@H]1O[C@H](n2cnc3c(-c4ccsc4)ncnc32)[C@@H](O)[C@H]1O. The van der Waals surface area contributed by atoms with Gasteiger partial charge >= 0.3 is 0 Å². The van der Waals surface area contributed by atoms with Crippen LogP contribution in [0.4, 0.5) is 0 Å². The molecule has 0 spiro atoms. The van der Waals surface area contributed by atoms with E-state index in [0.717, 1.165) is 5.56 Å². The van der Waals surface area contributed by atoms with Crippen molar-refractivity contribution < 1.29 is 20.1 Å². The van der Waals surface area contributed by atoms with Crippen molar-refractivity contribution in [1.82, 2.24) is 19.5 Å². The topological polar surface area (TPSA) is 114 Å². The van der Waals surface area contributed by atoms with Crippen LogP contribution in [0.2, 0.25) is 0 Å². The molecule has 23 heavy (non-hydrogen) atoms. The Balaban J connectivity index is 1.80. The number of aliphatic hydroxyl groups is 3. The van der Waals surface area contributed by atoms with Gasteiger partial charge in [-0.15, -0.1) is 0 Å². The molecular formula is C14H14N4O4S. The fourth-order valence-corrected chi connectivity index (χ4v) is 3.40. The lowest BCUT2D eigenvalue weighted by Crippen LogP contribution is -2.33. The summed E-state index contributed by atoms with van der Waals surface area (Å²) in [6.45, 7) is -0.378. The first-order chi connectivity index (χ1) is 11.2. The fourth-order valence-electron chi connectivity index (χ4n) is 2.76. The third-order valence-electron chi connectivity index (χ3n) is 3.94. The van der Waals surface area contributed by atoms with Crippen LogP contribution in [0.15, 0.2) is 29.5 Å². The Kier molecular flexibility index (Phi) is 3.58. The van der Waals surface area contributed by atoms with Gasteiger partial charge in [0.05, 0.1) is 12.9 Å². The van der Waals surface area contributed by atoms with Crippen LogP contribution in [0.3, 0.4) is 0 Å². The number of thiophene rings is 1. The van der Waals surface area contributed by atoms with Crippen LogP contribution in [-0.4, -0.2) is 59.8 Å². The molecule has 0 aromatic carbocycles. The zero-order valence-electron chi connectivity index (χ0n) is 11.9. The van der Waals surface area contributed by atoms with Crippen LogP contribution in [-0.2, 0) is 4.74 Å². The first-order valence-electron chi connectivity index (χ1n) is 7.03. The van der Waals surface area contributed by atoms with Gasteiger partial charge in [-0.3, -0.25) is 4.57 Å². The van der Waals surface area contributed by atoms with Crippen molar-refractivity contribution in [2.45, 2.75) is 24.5 Å². The van der Waals surface area contributed by atoms with Crippen LogP contribution < -0.4 is 0 Å². The lowest BCUT2D eigenvalue weighted by Gasteiger charge is -2.16. The minimum Gasteiger partial charge on any atom is -0.394 e. The van der Waals surface area contributed by atoms with E-state index in [4.69, 9.17) is 4.74 Å². The summed E-state index contributed by atoms with van der Waals surface area (Å²) in [5.41, 5.74) is 2.72. The highest BCUT2D eigenvalue weighted by atomic mass is 32.1. The Hall–Kier alpha value is -1.91. The summed E-state index contributed by atoms with van der Waals surface area (Å²) in [7, 11) is 0. The van der Waals surface area contributed by atoms with Crippen LogP contribution >= 0.6 is 11.3 Å². The number of aliphatic hydroxyl groups excluding tert-OH is 3. The van der Waals surface area contributed by atoms with Crippen molar-refractivity contribution in [2.24, 2.45) is 0 Å². The van der Waals surface area contributed by atoms with Crippen LogP contribution in [0, 0.1) is 0 Å². The number of rotatable bonds is 3. The Bertz CT molecular complexity index is 821. The summed E-state index contributed by atoms with van der Waals surface area (Å²) >= 11 is 1.56. The van der Waals surface area contributed by atoms with E-state index in [2.05, 4.69) is 15.0 Å². The summed E-state index contributed by atoms with van der Waals surface area (Å²) in [5, 5.41) is 33.2. The molecule has 0 amide bonds. The molecule has 1 saturated heterocycles. The molecule has 1 fully saturated rings. The molecule has 4 heterocycles. The predicted molar refractivity (Wildman–Crippen MR) is 81.6 cm³/mol. The van der Waals surface area contributed by atoms with Gasteiger partial charge in [-0.2, -0.15) is 11.3 Å². The third-order valence-corrected chi connectivity index (χ3v) is 4.63. The molecular weight excluding hydrogens is 320 g/mol. The first kappa shape index (κ1) is 14.7. The van der Waals surface area contributed by atoms with Crippen LogP contribution in [0.1, 0.15) is 6.23 Å². The van der Waals surface area contributed by atoms with E-state index in [1.807, 2.05) is 16.8 Å². The quantitative estimate of drug-likeness (QED) is 0.625. The summed E-state index contributed by atoms with van der Waals surface area (Å²) in [6.07, 6.45) is -1.13. The largest absolute Gasteiger partial charge is 0.394 e. The molecule has 3 aromatic heterocycles. The van der Waals surface area contributed by atoms with Gasteiger partial charge in [-0.05, 0) is 11.4 Å². The van der Waals surface area contributed by atoms with Gasteiger partial charge in [0, 0.05) is 10.9 Å². The first-order valence-corrected chi connectivity index (χ1v) is 7.97. The number of aromatic nitrogens is 4. The minimum atomic E-state index is -1.18. The third kappa shape index (κ3) is 2.25. The van der Waals surface area contributed by atoms with Gasteiger partial charge in [-0.1, -0.05) is 0 Å². The van der Waals surface area contributed by atoms with Crippen molar-refractivity contribution >= 4 is 22.5 Å². The van der Waals surface area contributed by atoms with Gasteiger partial charge in [0.1, 0.15) is 35.8 Å². The monoisotopic (exact) mass is 334 g/mol. The smallest absolute Gasteiger partial charge is 0.166 e.